The normalized spacial score (nSPS) is 10.9. The average Bonchev–Trinajstić information content (AvgIpc) is 2.79. The molecule has 3 aromatic rings. The van der Waals surface area contributed by atoms with Gasteiger partial charge in [-0.1, -0.05) is 36.4 Å². The van der Waals surface area contributed by atoms with Crippen LogP contribution in [0.5, 0.6) is 0 Å². The van der Waals surface area contributed by atoms with Crippen LogP contribution in [-0.2, 0) is 17.8 Å². The Labute approximate surface area is 194 Å². The molecule has 3 rings (SSSR count). The van der Waals surface area contributed by atoms with Gasteiger partial charge in [-0.2, -0.15) is 5.10 Å². The van der Waals surface area contributed by atoms with Gasteiger partial charge in [-0.15, -0.1) is 0 Å². The van der Waals surface area contributed by atoms with Gasteiger partial charge in [0.2, 0.25) is 0 Å². The number of nitrogens with zero attached hydrogens (tertiary/aromatic N) is 3. The molecule has 0 fully saturated rings. The van der Waals surface area contributed by atoms with Crippen LogP contribution in [0.25, 0.3) is 11.3 Å². The molecule has 8 nitrogen and oxygen atoms in total. The lowest BCUT2D eigenvalue weighted by atomic mass is 10.1. The van der Waals surface area contributed by atoms with Gasteiger partial charge in [0, 0.05) is 37.0 Å². The highest BCUT2D eigenvalue weighted by Crippen LogP contribution is 2.17. The average molecular weight is 450 g/mol. The fourth-order valence-electron chi connectivity index (χ4n) is 3.25. The molecule has 0 saturated heterocycles. The second-order valence-electron chi connectivity index (χ2n) is 7.94. The lowest BCUT2D eigenvalue weighted by Crippen LogP contribution is -2.26. The minimum absolute atomic E-state index is 0.191. The molecule has 0 spiro atoms. The van der Waals surface area contributed by atoms with Gasteiger partial charge in [-0.3, -0.25) is 10.1 Å². The lowest BCUT2D eigenvalue weighted by Gasteiger charge is -2.11. The van der Waals surface area contributed by atoms with Crippen LogP contribution in [0.4, 0.5) is 10.5 Å². The van der Waals surface area contributed by atoms with Crippen molar-refractivity contribution in [2.75, 3.05) is 39.1 Å². The summed E-state index contributed by atoms with van der Waals surface area (Å²) in [5.41, 5.74) is 4.11. The van der Waals surface area contributed by atoms with Crippen molar-refractivity contribution in [1.29, 1.82) is 0 Å². The molecule has 1 aromatic heterocycles. The Kier molecular flexibility index (Phi) is 8.74. The molecule has 0 bridgehead atoms. The highest BCUT2D eigenvalue weighted by atomic mass is 16.5. The first kappa shape index (κ1) is 24.2. The Bertz CT molecular complexity index is 1110. The number of carbonyl (C=O) groups excluding carboxylic acids is 1. The van der Waals surface area contributed by atoms with E-state index in [0.29, 0.717) is 18.8 Å². The van der Waals surface area contributed by atoms with Crippen LogP contribution in [-0.4, -0.2) is 54.6 Å². The molecule has 0 aliphatic heterocycles. The predicted octanol–water partition coefficient (Wildman–Crippen LogP) is 3.18. The van der Waals surface area contributed by atoms with Crippen LogP contribution >= 0.6 is 0 Å². The number of carbonyl (C=O) groups is 1. The Morgan fingerprint density at radius 1 is 1.06 bits per heavy atom. The van der Waals surface area contributed by atoms with Gasteiger partial charge in [-0.05, 0) is 50.3 Å². The molecule has 0 atom stereocenters. The summed E-state index contributed by atoms with van der Waals surface area (Å²) in [6.45, 7) is 5.06. The SMILES string of the molecule is CCOC(=O)Nc1cccc(Cn2nc(-c3ccc(CNCCN(C)C)cc3)ccc2=O)c1. The number of hydrogen-bond donors (Lipinski definition) is 2. The summed E-state index contributed by atoms with van der Waals surface area (Å²) < 4.78 is 6.34. The smallest absolute Gasteiger partial charge is 0.411 e. The quantitative estimate of drug-likeness (QED) is 0.462. The number of aromatic nitrogens is 2. The molecule has 0 aliphatic carbocycles. The highest BCUT2D eigenvalue weighted by Gasteiger charge is 2.07. The van der Waals surface area contributed by atoms with E-state index in [-0.39, 0.29) is 5.56 Å². The van der Waals surface area contributed by atoms with E-state index in [1.165, 1.54) is 16.3 Å². The molecule has 33 heavy (non-hydrogen) atoms. The van der Waals surface area contributed by atoms with Gasteiger partial charge in [-0.25, -0.2) is 9.48 Å². The zero-order valence-corrected chi connectivity index (χ0v) is 19.4. The van der Waals surface area contributed by atoms with E-state index in [1.54, 1.807) is 25.1 Å². The molecule has 0 unspecified atom stereocenters. The molecule has 0 radical (unpaired) electrons. The van der Waals surface area contributed by atoms with E-state index in [4.69, 9.17) is 4.74 Å². The third kappa shape index (κ3) is 7.55. The number of nitrogens with one attached hydrogen (secondary N) is 2. The first-order valence-electron chi connectivity index (χ1n) is 11.0. The Balaban J connectivity index is 1.69. The number of amides is 1. The second kappa shape index (κ2) is 11.9. The van der Waals surface area contributed by atoms with Crippen LogP contribution in [0.2, 0.25) is 0 Å². The largest absolute Gasteiger partial charge is 0.450 e. The van der Waals surface area contributed by atoms with E-state index in [2.05, 4.69) is 46.9 Å². The maximum absolute atomic E-state index is 12.4. The fourth-order valence-corrected chi connectivity index (χ4v) is 3.25. The van der Waals surface area contributed by atoms with Crippen LogP contribution in [0.1, 0.15) is 18.1 Å². The maximum atomic E-state index is 12.4. The minimum atomic E-state index is -0.511. The first-order chi connectivity index (χ1) is 15.9. The number of ether oxygens (including phenoxy) is 1. The maximum Gasteiger partial charge on any atom is 0.411 e. The molecule has 0 saturated carbocycles. The molecule has 174 valence electrons. The zero-order chi connectivity index (χ0) is 23.6. The summed E-state index contributed by atoms with van der Waals surface area (Å²) >= 11 is 0. The van der Waals surface area contributed by atoms with Crippen molar-refractivity contribution in [3.8, 4) is 11.3 Å². The van der Waals surface area contributed by atoms with Gasteiger partial charge in [0.25, 0.3) is 5.56 Å². The molecule has 8 heteroatoms. The summed E-state index contributed by atoms with van der Waals surface area (Å²) in [5, 5.41) is 10.6. The van der Waals surface area contributed by atoms with Crippen molar-refractivity contribution in [3.63, 3.8) is 0 Å². The van der Waals surface area contributed by atoms with Crippen molar-refractivity contribution in [2.45, 2.75) is 20.0 Å². The van der Waals surface area contributed by atoms with Gasteiger partial charge in [0.05, 0.1) is 18.8 Å². The molecule has 0 aliphatic rings. The molecule has 1 amide bonds. The van der Waals surface area contributed by atoms with E-state index in [1.807, 2.05) is 24.3 Å². The van der Waals surface area contributed by atoms with Gasteiger partial charge < -0.3 is 15.0 Å². The molecule has 2 N–H and O–H groups in total. The van der Waals surface area contributed by atoms with Crippen molar-refractivity contribution in [2.24, 2.45) is 0 Å². The summed E-state index contributed by atoms with van der Waals surface area (Å²) in [6, 6.07) is 18.7. The Morgan fingerprint density at radius 2 is 1.85 bits per heavy atom. The number of anilines is 1. The van der Waals surface area contributed by atoms with Gasteiger partial charge in [0.15, 0.2) is 0 Å². The summed E-state index contributed by atoms with van der Waals surface area (Å²) in [7, 11) is 4.11. The third-order valence-corrected chi connectivity index (χ3v) is 4.96. The Hall–Kier alpha value is -3.49. The van der Waals surface area contributed by atoms with Crippen LogP contribution < -0.4 is 16.2 Å². The third-order valence-electron chi connectivity index (χ3n) is 4.96. The van der Waals surface area contributed by atoms with Crippen molar-refractivity contribution < 1.29 is 9.53 Å². The highest BCUT2D eigenvalue weighted by molar-refractivity contribution is 5.84. The van der Waals surface area contributed by atoms with Crippen molar-refractivity contribution in [1.82, 2.24) is 20.0 Å². The fraction of sp³-hybridized carbons (Fsp3) is 0.320. The van der Waals surface area contributed by atoms with Crippen LogP contribution in [0.3, 0.4) is 0 Å². The van der Waals surface area contributed by atoms with Crippen molar-refractivity contribution >= 4 is 11.8 Å². The molecule has 1 heterocycles. The molecular formula is C25H31N5O3. The number of rotatable bonds is 10. The number of benzene rings is 2. The van der Waals surface area contributed by atoms with Gasteiger partial charge in [0.1, 0.15) is 0 Å². The standard InChI is InChI=1S/C25H31N5O3/c1-4-33-25(32)27-22-7-5-6-20(16-22)18-30-24(31)13-12-23(28-30)21-10-8-19(9-11-21)17-26-14-15-29(2)3/h5-13,16,26H,4,14-15,17-18H2,1-3H3,(H,27,32). The minimum Gasteiger partial charge on any atom is -0.450 e. The lowest BCUT2D eigenvalue weighted by molar-refractivity contribution is 0.168. The van der Waals surface area contributed by atoms with Crippen LogP contribution in [0.15, 0.2) is 65.5 Å². The first-order valence-corrected chi connectivity index (χ1v) is 11.0. The van der Waals surface area contributed by atoms with E-state index in [0.717, 1.165) is 36.5 Å². The summed E-state index contributed by atoms with van der Waals surface area (Å²) in [5.74, 6) is 0. The zero-order valence-electron chi connectivity index (χ0n) is 19.4. The monoisotopic (exact) mass is 449 g/mol. The second-order valence-corrected chi connectivity index (χ2v) is 7.94. The number of likely N-dealkylation sites (N-methyl/N-ethyl adjacent to an activating group) is 1. The number of hydrogen-bond acceptors (Lipinski definition) is 6. The van der Waals surface area contributed by atoms with Gasteiger partial charge >= 0.3 is 6.09 Å². The van der Waals surface area contributed by atoms with Crippen molar-refractivity contribution in [3.05, 3.63) is 82.1 Å². The predicted molar refractivity (Wildman–Crippen MR) is 130 cm³/mol. The Morgan fingerprint density at radius 3 is 2.58 bits per heavy atom. The molecule has 2 aromatic carbocycles. The van der Waals surface area contributed by atoms with Crippen LogP contribution in [0, 0.1) is 0 Å². The summed E-state index contributed by atoms with van der Waals surface area (Å²) in [6.07, 6.45) is -0.511. The van der Waals surface area contributed by atoms with E-state index >= 15 is 0 Å². The van der Waals surface area contributed by atoms with E-state index in [9.17, 15) is 9.59 Å². The molecular weight excluding hydrogens is 418 g/mol. The topological polar surface area (TPSA) is 88.5 Å². The summed E-state index contributed by atoms with van der Waals surface area (Å²) in [4.78, 5) is 26.2. The van der Waals surface area contributed by atoms with E-state index < -0.39 is 6.09 Å².